The summed E-state index contributed by atoms with van der Waals surface area (Å²) in [6.45, 7) is 5.46. The quantitative estimate of drug-likeness (QED) is 0.375. The van der Waals surface area contributed by atoms with Gasteiger partial charge in [-0.1, -0.05) is 30.7 Å². The van der Waals surface area contributed by atoms with Gasteiger partial charge in [0, 0.05) is 30.8 Å². The number of hydrogen-bond acceptors (Lipinski definition) is 8. The van der Waals surface area contributed by atoms with E-state index in [4.69, 9.17) is 4.74 Å². The van der Waals surface area contributed by atoms with Crippen LogP contribution < -0.4 is 9.46 Å². The van der Waals surface area contributed by atoms with E-state index in [1.807, 2.05) is 13.8 Å². The van der Waals surface area contributed by atoms with Crippen LogP contribution in [0.2, 0.25) is 0 Å². The first-order valence-corrected chi connectivity index (χ1v) is 16.9. The van der Waals surface area contributed by atoms with Crippen LogP contribution in [0.5, 0.6) is 5.75 Å². The molecule has 41 heavy (non-hydrogen) atoms. The van der Waals surface area contributed by atoms with Crippen LogP contribution in [0.4, 0.5) is 5.69 Å². The summed E-state index contributed by atoms with van der Waals surface area (Å²) in [6.07, 6.45) is -0.752. The minimum absolute atomic E-state index is 0.000882. The number of thiophene rings is 1. The molecule has 0 radical (unpaired) electrons. The van der Waals surface area contributed by atoms with Gasteiger partial charge in [-0.3, -0.25) is 9.52 Å². The normalized spacial score (nSPS) is 19.1. The van der Waals surface area contributed by atoms with Crippen LogP contribution in [0.1, 0.15) is 25.0 Å². The van der Waals surface area contributed by atoms with Gasteiger partial charge in [0.1, 0.15) is 16.1 Å². The van der Waals surface area contributed by atoms with E-state index >= 15 is 0 Å². The molecule has 0 saturated carbocycles. The fourth-order valence-corrected chi connectivity index (χ4v) is 7.80. The molecule has 3 aromatic rings. The average Bonchev–Trinajstić information content (AvgIpc) is 3.49. The van der Waals surface area contributed by atoms with E-state index in [0.29, 0.717) is 11.3 Å². The molecule has 0 aliphatic carbocycles. The number of rotatable bonds is 9. The zero-order chi connectivity index (χ0) is 29.9. The maximum absolute atomic E-state index is 13.4. The molecule has 1 aliphatic heterocycles. The van der Waals surface area contributed by atoms with Gasteiger partial charge in [0.2, 0.25) is 15.9 Å². The van der Waals surface area contributed by atoms with Crippen LogP contribution in [0.25, 0.3) is 0 Å². The van der Waals surface area contributed by atoms with Crippen molar-refractivity contribution in [1.82, 2.24) is 9.21 Å². The molecular formula is C28H35N3O7S3. The number of benzene rings is 2. The molecule has 0 bridgehead atoms. The van der Waals surface area contributed by atoms with Crippen molar-refractivity contribution < 1.29 is 31.5 Å². The average molecular weight is 622 g/mol. The van der Waals surface area contributed by atoms with E-state index in [9.17, 15) is 26.7 Å². The van der Waals surface area contributed by atoms with Crippen LogP contribution >= 0.6 is 11.3 Å². The maximum atomic E-state index is 13.4. The van der Waals surface area contributed by atoms with Gasteiger partial charge < -0.3 is 14.7 Å². The molecular weight excluding hydrogens is 587 g/mol. The molecule has 13 heteroatoms. The van der Waals surface area contributed by atoms with E-state index in [-0.39, 0.29) is 52.7 Å². The molecule has 0 saturated heterocycles. The van der Waals surface area contributed by atoms with E-state index < -0.39 is 32.2 Å². The van der Waals surface area contributed by atoms with Gasteiger partial charge in [0.05, 0.1) is 30.5 Å². The lowest BCUT2D eigenvalue weighted by atomic mass is 10.0. The first-order chi connectivity index (χ1) is 19.3. The SMILES string of the molecule is Cc1ccc(S(=O)(=O)N(C)C[C@@H]2Oc3ccc(NS(=O)(=O)c4cccs4)cc3CC(=O)N([C@@H](C)CO)C[C@H]2C)cc1. The number of fused-ring (bicyclic) bond motifs is 1. The van der Waals surface area contributed by atoms with Crippen molar-refractivity contribution in [2.45, 2.75) is 48.4 Å². The number of aliphatic hydroxyl groups is 1. The summed E-state index contributed by atoms with van der Waals surface area (Å²) in [5, 5.41) is 11.5. The van der Waals surface area contributed by atoms with Gasteiger partial charge in [0.15, 0.2) is 0 Å². The molecule has 0 fully saturated rings. The Morgan fingerprint density at radius 2 is 1.85 bits per heavy atom. The predicted molar refractivity (Wildman–Crippen MR) is 158 cm³/mol. The van der Waals surface area contributed by atoms with Gasteiger partial charge >= 0.3 is 0 Å². The molecule has 1 amide bonds. The van der Waals surface area contributed by atoms with E-state index in [0.717, 1.165) is 16.9 Å². The highest BCUT2D eigenvalue weighted by atomic mass is 32.2. The van der Waals surface area contributed by atoms with E-state index in [1.165, 1.54) is 17.4 Å². The molecule has 2 aromatic carbocycles. The molecule has 222 valence electrons. The summed E-state index contributed by atoms with van der Waals surface area (Å²) in [4.78, 5) is 15.2. The lowest BCUT2D eigenvalue weighted by molar-refractivity contribution is -0.134. The number of amides is 1. The lowest BCUT2D eigenvalue weighted by Gasteiger charge is -2.33. The number of carbonyl (C=O) groups excluding carboxylic acids is 1. The van der Waals surface area contributed by atoms with Crippen molar-refractivity contribution in [2.24, 2.45) is 5.92 Å². The number of hydrogen-bond donors (Lipinski definition) is 2. The number of aryl methyl sites for hydroxylation is 1. The summed E-state index contributed by atoms with van der Waals surface area (Å²) < 4.78 is 62.6. The first kappa shape index (κ1) is 31.0. The molecule has 4 rings (SSSR count). The number of nitrogens with one attached hydrogen (secondary N) is 1. The topological polar surface area (TPSA) is 133 Å². The van der Waals surface area contributed by atoms with Crippen molar-refractivity contribution in [3.8, 4) is 5.75 Å². The van der Waals surface area contributed by atoms with Crippen LogP contribution in [-0.2, 0) is 31.3 Å². The number of anilines is 1. The summed E-state index contributed by atoms with van der Waals surface area (Å²) >= 11 is 1.09. The number of carbonyl (C=O) groups is 1. The summed E-state index contributed by atoms with van der Waals surface area (Å²) in [6, 6.07) is 14.0. The van der Waals surface area contributed by atoms with Gasteiger partial charge in [-0.05, 0) is 55.6 Å². The highest BCUT2D eigenvalue weighted by Gasteiger charge is 2.33. The van der Waals surface area contributed by atoms with Crippen LogP contribution in [0, 0.1) is 12.8 Å². The van der Waals surface area contributed by atoms with Gasteiger partial charge in [0.25, 0.3) is 10.0 Å². The molecule has 0 unspecified atom stereocenters. The molecule has 0 spiro atoms. The Kier molecular flexibility index (Phi) is 9.44. The number of aliphatic hydroxyl groups excluding tert-OH is 1. The fraction of sp³-hybridized carbons (Fsp3) is 0.393. The third-order valence-corrected chi connectivity index (χ3v) is 11.7. The molecule has 1 aliphatic rings. The van der Waals surface area contributed by atoms with Crippen molar-refractivity contribution in [3.05, 3.63) is 71.1 Å². The smallest absolute Gasteiger partial charge is 0.271 e. The zero-order valence-corrected chi connectivity index (χ0v) is 25.8. The van der Waals surface area contributed by atoms with Crippen molar-refractivity contribution >= 4 is 43.0 Å². The Hall–Kier alpha value is -2.97. The number of nitrogens with zero attached hydrogens (tertiary/aromatic N) is 2. The predicted octanol–water partition coefficient (Wildman–Crippen LogP) is 3.33. The first-order valence-electron chi connectivity index (χ1n) is 13.1. The molecule has 3 atom stereocenters. The number of likely N-dealkylation sites (N-methyl/N-ethyl adjacent to an activating group) is 1. The van der Waals surface area contributed by atoms with E-state index in [2.05, 4.69) is 4.72 Å². The maximum Gasteiger partial charge on any atom is 0.271 e. The van der Waals surface area contributed by atoms with Crippen molar-refractivity contribution in [1.29, 1.82) is 0 Å². The van der Waals surface area contributed by atoms with Gasteiger partial charge in [-0.25, -0.2) is 16.8 Å². The second-order valence-electron chi connectivity index (χ2n) is 10.3. The van der Waals surface area contributed by atoms with Crippen molar-refractivity contribution in [3.63, 3.8) is 0 Å². The third-order valence-electron chi connectivity index (χ3n) is 7.09. The highest BCUT2D eigenvalue weighted by Crippen LogP contribution is 2.31. The molecule has 2 N–H and O–H groups in total. The molecule has 10 nitrogen and oxygen atoms in total. The van der Waals surface area contributed by atoms with E-state index in [1.54, 1.807) is 65.7 Å². The van der Waals surface area contributed by atoms with Crippen molar-refractivity contribution in [2.75, 3.05) is 31.5 Å². The van der Waals surface area contributed by atoms with Gasteiger partial charge in [-0.15, -0.1) is 11.3 Å². The number of ether oxygens (including phenoxy) is 1. The Morgan fingerprint density at radius 3 is 2.49 bits per heavy atom. The number of sulfonamides is 2. The Balaban J connectivity index is 1.68. The minimum atomic E-state index is -3.82. The van der Waals surface area contributed by atoms with Crippen LogP contribution in [0.3, 0.4) is 0 Å². The monoisotopic (exact) mass is 621 g/mol. The Labute approximate surface area is 245 Å². The van der Waals surface area contributed by atoms with Crippen LogP contribution in [-0.4, -0.2) is 75.9 Å². The summed E-state index contributed by atoms with van der Waals surface area (Å²) in [7, 11) is -6.15. The lowest BCUT2D eigenvalue weighted by Crippen LogP contribution is -2.48. The fourth-order valence-electron chi connectivity index (χ4n) is 4.57. The Bertz CT molecular complexity index is 1570. The van der Waals surface area contributed by atoms with Crippen LogP contribution in [0.15, 0.2) is 69.1 Å². The Morgan fingerprint density at radius 1 is 1.15 bits per heavy atom. The second-order valence-corrected chi connectivity index (χ2v) is 15.2. The standard InChI is InChI=1S/C28H35N3O7S3/c1-19-7-10-24(11-8-19)41(36,37)30(4)17-26-20(2)16-31(21(3)18-32)27(33)15-22-14-23(9-12-25(22)38-26)29-40(34,35)28-6-5-13-39-28/h5-14,20-21,26,29,32H,15-18H2,1-4H3/t20-,21+,26+/m1/s1. The highest BCUT2D eigenvalue weighted by molar-refractivity contribution is 7.94. The third kappa shape index (κ3) is 7.09. The zero-order valence-electron chi connectivity index (χ0n) is 23.3. The summed E-state index contributed by atoms with van der Waals surface area (Å²) in [5.41, 5.74) is 1.65. The summed E-state index contributed by atoms with van der Waals surface area (Å²) in [5.74, 6) is -0.219. The molecule has 2 heterocycles. The largest absolute Gasteiger partial charge is 0.488 e. The second kappa shape index (κ2) is 12.5. The minimum Gasteiger partial charge on any atom is -0.488 e. The molecule has 1 aromatic heterocycles. The van der Waals surface area contributed by atoms with Gasteiger partial charge in [-0.2, -0.15) is 4.31 Å².